The van der Waals surface area contributed by atoms with Crippen LogP contribution in [0.15, 0.2) is 91.3 Å². The van der Waals surface area contributed by atoms with Crippen molar-refractivity contribution < 1.29 is 19.4 Å². The predicted molar refractivity (Wildman–Crippen MR) is 188 cm³/mol. The van der Waals surface area contributed by atoms with E-state index >= 15 is 0 Å². The van der Waals surface area contributed by atoms with E-state index in [1.807, 2.05) is 78.9 Å². The van der Waals surface area contributed by atoms with Crippen LogP contribution < -0.4 is 10.2 Å². The number of rotatable bonds is 9. The second-order valence-electron chi connectivity index (χ2n) is 12.1. The number of hydrogen-bond acceptors (Lipinski definition) is 8. The Labute approximate surface area is 295 Å². The summed E-state index contributed by atoms with van der Waals surface area (Å²) in [4.78, 5) is 25.7. The summed E-state index contributed by atoms with van der Waals surface area (Å²) in [6.07, 6.45) is 2.68. The monoisotopic (exact) mass is 709 g/mol. The summed E-state index contributed by atoms with van der Waals surface area (Å²) in [5, 5.41) is 12.3. The number of piperazine rings is 1. The number of anilines is 1. The maximum Gasteiger partial charge on any atom is 0.272 e. The van der Waals surface area contributed by atoms with Gasteiger partial charge in [-0.1, -0.05) is 115 Å². The minimum atomic E-state index is -2.03. The number of hydrogen-bond donors (Lipinski definition) is 2. The molecular weight excluding hydrogens is 673 g/mol. The molecule has 0 bridgehead atoms. The highest BCUT2D eigenvalue weighted by Crippen LogP contribution is 2.42. The molecule has 6 rings (SSSR count). The van der Waals surface area contributed by atoms with E-state index in [9.17, 15) is 9.90 Å². The van der Waals surface area contributed by atoms with Gasteiger partial charge in [0.2, 0.25) is 5.95 Å². The fourth-order valence-electron chi connectivity index (χ4n) is 6.22. The molecule has 0 aliphatic carbocycles. The molecule has 1 aromatic heterocycles. The Morgan fingerprint density at radius 1 is 0.896 bits per heavy atom. The van der Waals surface area contributed by atoms with Crippen molar-refractivity contribution in [2.45, 2.75) is 42.4 Å². The van der Waals surface area contributed by atoms with E-state index in [1.54, 1.807) is 12.4 Å². The van der Waals surface area contributed by atoms with Crippen molar-refractivity contribution in [2.75, 3.05) is 37.6 Å². The molecule has 252 valence electrons. The maximum absolute atomic E-state index is 12.2. The summed E-state index contributed by atoms with van der Waals surface area (Å²) in [5.74, 6) is 0.157. The number of ether oxygens (including phenoxy) is 2. The van der Waals surface area contributed by atoms with Gasteiger partial charge in [-0.15, -0.1) is 0 Å². The standard InChI is InChI=1S/C36H38Cl3N5O4/c1-24-31(22-43-17-19-44(20-18-43)35-40-15-4-16-41-35)47-33(48-32(24)27-9-7-25(23-45)8-10-27)28-13-11-26(12-14-28)30-6-3-2-5-29(30)21-42-34(46)36(37,38)39/h2-16,24,31-33,45H,17-23H2,1H3,(H,42,46). The van der Waals surface area contributed by atoms with Crippen molar-refractivity contribution in [2.24, 2.45) is 5.92 Å². The number of amides is 1. The van der Waals surface area contributed by atoms with Crippen LogP contribution in [-0.2, 0) is 27.4 Å². The Hall–Kier alpha value is -3.28. The normalized spacial score (nSPS) is 22.0. The summed E-state index contributed by atoms with van der Waals surface area (Å²) in [6.45, 7) is 6.59. The molecule has 0 radical (unpaired) electrons. The van der Waals surface area contributed by atoms with Gasteiger partial charge in [0.1, 0.15) is 0 Å². The molecule has 4 unspecified atom stereocenters. The van der Waals surface area contributed by atoms with Gasteiger partial charge in [-0.05, 0) is 33.9 Å². The number of carbonyl (C=O) groups is 1. The third-order valence-corrected chi connectivity index (χ3v) is 9.49. The second kappa shape index (κ2) is 15.5. The first-order valence-corrected chi connectivity index (χ1v) is 17.1. The molecule has 12 heteroatoms. The zero-order valence-electron chi connectivity index (χ0n) is 26.5. The van der Waals surface area contributed by atoms with E-state index in [2.05, 4.69) is 32.0 Å². The molecule has 2 saturated heterocycles. The molecule has 0 spiro atoms. The van der Waals surface area contributed by atoms with Gasteiger partial charge in [-0.25, -0.2) is 9.97 Å². The molecule has 0 saturated carbocycles. The molecular formula is C36H38Cl3N5O4. The number of alkyl halides is 3. The van der Waals surface area contributed by atoms with Gasteiger partial charge < -0.3 is 24.8 Å². The highest BCUT2D eigenvalue weighted by Gasteiger charge is 2.39. The summed E-state index contributed by atoms with van der Waals surface area (Å²) in [5.41, 5.74) is 5.61. The fraction of sp³-hybridized carbons (Fsp3) is 0.361. The van der Waals surface area contributed by atoms with Gasteiger partial charge >= 0.3 is 0 Å². The van der Waals surface area contributed by atoms with Crippen molar-refractivity contribution in [1.29, 1.82) is 0 Å². The molecule has 2 N–H and O–H groups in total. The smallest absolute Gasteiger partial charge is 0.272 e. The van der Waals surface area contributed by atoms with Crippen LogP contribution >= 0.6 is 34.8 Å². The number of aliphatic hydroxyl groups excluding tert-OH is 1. The number of halogens is 3. The lowest BCUT2D eigenvalue weighted by molar-refractivity contribution is -0.276. The van der Waals surface area contributed by atoms with Crippen LogP contribution in [0.25, 0.3) is 11.1 Å². The van der Waals surface area contributed by atoms with Gasteiger partial charge in [0, 0.05) is 63.1 Å². The Bertz CT molecular complexity index is 1650. The number of aromatic nitrogens is 2. The topological polar surface area (TPSA) is 100 Å². The number of carbonyl (C=O) groups excluding carboxylic acids is 1. The summed E-state index contributed by atoms with van der Waals surface area (Å²) < 4.78 is 11.4. The molecule has 3 heterocycles. The average molecular weight is 711 g/mol. The Morgan fingerprint density at radius 2 is 1.56 bits per heavy atom. The Morgan fingerprint density at radius 3 is 2.23 bits per heavy atom. The lowest BCUT2D eigenvalue weighted by Gasteiger charge is -2.44. The van der Waals surface area contributed by atoms with Crippen LogP contribution in [0.3, 0.4) is 0 Å². The largest absolute Gasteiger partial charge is 0.392 e. The summed E-state index contributed by atoms with van der Waals surface area (Å²) >= 11 is 17.2. The molecule has 48 heavy (non-hydrogen) atoms. The minimum absolute atomic E-state index is 0.00945. The lowest BCUT2D eigenvalue weighted by atomic mass is 9.89. The third-order valence-electron chi connectivity index (χ3n) is 8.98. The van der Waals surface area contributed by atoms with Crippen LogP contribution in [-0.4, -0.2) is 68.5 Å². The van der Waals surface area contributed by atoms with Crippen LogP contribution in [0.4, 0.5) is 5.95 Å². The highest BCUT2D eigenvalue weighted by atomic mass is 35.6. The van der Waals surface area contributed by atoms with Gasteiger partial charge in [0.15, 0.2) is 6.29 Å². The van der Waals surface area contributed by atoms with Crippen LogP contribution in [0.1, 0.15) is 41.6 Å². The first kappa shape index (κ1) is 34.6. The van der Waals surface area contributed by atoms with Gasteiger partial charge in [0.05, 0.1) is 18.8 Å². The van der Waals surface area contributed by atoms with Crippen LogP contribution in [0, 0.1) is 5.92 Å². The van der Waals surface area contributed by atoms with Crippen LogP contribution in [0.5, 0.6) is 0 Å². The maximum atomic E-state index is 12.2. The van der Waals surface area contributed by atoms with Crippen molar-refractivity contribution in [1.82, 2.24) is 20.2 Å². The first-order chi connectivity index (χ1) is 23.2. The fourth-order valence-corrected chi connectivity index (χ4v) is 6.42. The minimum Gasteiger partial charge on any atom is -0.392 e. The molecule has 9 nitrogen and oxygen atoms in total. The summed E-state index contributed by atoms with van der Waals surface area (Å²) in [7, 11) is 0. The summed E-state index contributed by atoms with van der Waals surface area (Å²) in [6, 6.07) is 25.7. The molecule has 1 amide bonds. The zero-order chi connectivity index (χ0) is 33.7. The van der Waals surface area contributed by atoms with E-state index in [0.717, 1.165) is 72.1 Å². The third kappa shape index (κ3) is 8.29. The Kier molecular flexibility index (Phi) is 11.2. The highest BCUT2D eigenvalue weighted by molar-refractivity contribution is 6.76. The van der Waals surface area contributed by atoms with Crippen molar-refractivity contribution in [3.63, 3.8) is 0 Å². The van der Waals surface area contributed by atoms with Crippen molar-refractivity contribution in [3.05, 3.63) is 114 Å². The molecule has 2 aliphatic rings. The van der Waals surface area contributed by atoms with E-state index in [1.165, 1.54) is 0 Å². The SMILES string of the molecule is CC1C(CN2CCN(c3ncccn3)CC2)OC(c2ccc(-c3ccccc3CNC(=O)C(Cl)(Cl)Cl)cc2)OC1c1ccc(CO)cc1. The van der Waals surface area contributed by atoms with E-state index in [-0.39, 0.29) is 31.3 Å². The van der Waals surface area contributed by atoms with Crippen molar-refractivity contribution >= 4 is 46.7 Å². The number of nitrogens with one attached hydrogen (secondary N) is 1. The predicted octanol–water partition coefficient (Wildman–Crippen LogP) is 6.24. The molecule has 4 aromatic rings. The average Bonchev–Trinajstić information content (AvgIpc) is 3.12. The van der Waals surface area contributed by atoms with Gasteiger partial charge in [0.25, 0.3) is 9.70 Å². The second-order valence-corrected chi connectivity index (χ2v) is 14.4. The number of benzene rings is 3. The number of nitrogens with zero attached hydrogens (tertiary/aromatic N) is 4. The first-order valence-electron chi connectivity index (χ1n) is 16.0. The molecule has 4 atom stereocenters. The Balaban J connectivity index is 1.19. The van der Waals surface area contributed by atoms with Crippen molar-refractivity contribution in [3.8, 4) is 11.1 Å². The van der Waals surface area contributed by atoms with E-state index in [0.29, 0.717) is 0 Å². The van der Waals surface area contributed by atoms with E-state index < -0.39 is 16.0 Å². The molecule has 3 aromatic carbocycles. The van der Waals surface area contributed by atoms with E-state index in [4.69, 9.17) is 44.3 Å². The van der Waals surface area contributed by atoms with Gasteiger partial charge in [-0.2, -0.15) is 0 Å². The van der Waals surface area contributed by atoms with Gasteiger partial charge in [-0.3, -0.25) is 9.69 Å². The molecule has 2 aliphatic heterocycles. The van der Waals surface area contributed by atoms with Crippen LogP contribution in [0.2, 0.25) is 0 Å². The zero-order valence-corrected chi connectivity index (χ0v) is 28.8. The number of aliphatic hydroxyl groups is 1. The molecule has 2 fully saturated rings. The lowest BCUT2D eigenvalue weighted by Crippen LogP contribution is -2.51. The quantitative estimate of drug-likeness (QED) is 0.197.